The summed E-state index contributed by atoms with van der Waals surface area (Å²) < 4.78 is 19.7. The fraction of sp³-hybridized carbons (Fsp3) is 0.538. The molecule has 1 heterocycles. The summed E-state index contributed by atoms with van der Waals surface area (Å²) in [5.41, 5.74) is 0.599. The van der Waals surface area contributed by atoms with Gasteiger partial charge in [0.2, 0.25) is 0 Å². The zero-order valence-electron chi connectivity index (χ0n) is 10.6. The van der Waals surface area contributed by atoms with Crippen molar-refractivity contribution in [3.8, 4) is 0 Å². The van der Waals surface area contributed by atoms with E-state index in [9.17, 15) is 4.39 Å². The van der Waals surface area contributed by atoms with Gasteiger partial charge in [0.25, 0.3) is 0 Å². The third-order valence-electron chi connectivity index (χ3n) is 3.28. The predicted molar refractivity (Wildman–Crippen MR) is 70.4 cm³/mol. The first-order chi connectivity index (χ1) is 8.61. The van der Waals surface area contributed by atoms with Crippen molar-refractivity contribution >= 4 is 11.6 Å². The van der Waals surface area contributed by atoms with Crippen LogP contribution in [-0.4, -0.2) is 44.8 Å². The molecule has 1 saturated heterocycles. The molecular weight excluding hydrogens is 255 g/mol. The van der Waals surface area contributed by atoms with E-state index in [0.717, 1.165) is 13.1 Å². The van der Waals surface area contributed by atoms with Crippen molar-refractivity contribution in [2.24, 2.45) is 0 Å². The molecule has 1 aliphatic heterocycles. The minimum atomic E-state index is -0.293. The maximum Gasteiger partial charge on any atom is 0.129 e. The first kappa shape index (κ1) is 13.7. The number of likely N-dealkylation sites (N-methyl/N-ethyl adjacent to an activating group) is 2. The van der Waals surface area contributed by atoms with Crippen LogP contribution < -0.4 is 5.32 Å². The molecule has 1 aromatic carbocycles. The first-order valence-corrected chi connectivity index (χ1v) is 6.42. The third-order valence-corrected chi connectivity index (χ3v) is 3.51. The predicted octanol–water partition coefficient (Wildman–Crippen LogP) is 2.07. The van der Waals surface area contributed by atoms with Gasteiger partial charge in [-0.2, -0.15) is 0 Å². The number of halogens is 2. The molecule has 0 aliphatic carbocycles. The van der Waals surface area contributed by atoms with Crippen LogP contribution in [0.2, 0.25) is 5.02 Å². The van der Waals surface area contributed by atoms with Crippen LogP contribution in [0.5, 0.6) is 0 Å². The topological polar surface area (TPSA) is 24.5 Å². The Balaban J connectivity index is 2.21. The Hall–Kier alpha value is -0.680. The van der Waals surface area contributed by atoms with Crippen LogP contribution in [0.1, 0.15) is 11.6 Å². The fourth-order valence-electron chi connectivity index (χ4n) is 2.31. The molecule has 0 spiro atoms. The minimum absolute atomic E-state index is 0.0515. The van der Waals surface area contributed by atoms with Gasteiger partial charge in [0.1, 0.15) is 5.82 Å². The van der Waals surface area contributed by atoms with E-state index >= 15 is 0 Å². The lowest BCUT2D eigenvalue weighted by Gasteiger charge is -2.35. The van der Waals surface area contributed by atoms with Crippen LogP contribution >= 0.6 is 11.6 Å². The zero-order valence-corrected chi connectivity index (χ0v) is 11.4. The quantitative estimate of drug-likeness (QED) is 0.912. The number of morpholine rings is 1. The molecule has 2 rings (SSSR count). The average molecular weight is 273 g/mol. The summed E-state index contributed by atoms with van der Waals surface area (Å²) in [6.07, 6.45) is -0.0515. The van der Waals surface area contributed by atoms with Gasteiger partial charge in [-0.3, -0.25) is 0 Å². The maximum atomic E-state index is 13.9. The molecule has 2 atom stereocenters. The van der Waals surface area contributed by atoms with Crippen molar-refractivity contribution in [3.63, 3.8) is 0 Å². The molecule has 1 fully saturated rings. The van der Waals surface area contributed by atoms with Crippen molar-refractivity contribution in [2.75, 3.05) is 33.8 Å². The van der Waals surface area contributed by atoms with Gasteiger partial charge in [-0.1, -0.05) is 17.7 Å². The molecule has 5 heteroatoms. The molecule has 100 valence electrons. The van der Waals surface area contributed by atoms with Gasteiger partial charge in [-0.05, 0) is 26.2 Å². The van der Waals surface area contributed by atoms with Gasteiger partial charge in [-0.15, -0.1) is 0 Å². The van der Waals surface area contributed by atoms with Gasteiger partial charge in [0.15, 0.2) is 0 Å². The zero-order chi connectivity index (χ0) is 13.1. The second kappa shape index (κ2) is 5.97. The number of benzene rings is 1. The summed E-state index contributed by atoms with van der Waals surface area (Å²) in [5.74, 6) is -0.293. The standard InChI is InChI=1S/C13H18ClFN2O/c1-16-13(12-8-17(2)5-6-18-12)10-4-3-9(14)7-11(10)15/h3-4,7,12-13,16H,5-6,8H2,1-2H3. The van der Waals surface area contributed by atoms with Crippen LogP contribution in [0.3, 0.4) is 0 Å². The van der Waals surface area contributed by atoms with E-state index in [2.05, 4.69) is 10.2 Å². The van der Waals surface area contributed by atoms with Crippen LogP contribution in [-0.2, 0) is 4.74 Å². The Kier molecular flexibility index (Phi) is 4.56. The Morgan fingerprint density at radius 3 is 2.94 bits per heavy atom. The van der Waals surface area contributed by atoms with E-state index < -0.39 is 0 Å². The van der Waals surface area contributed by atoms with Gasteiger partial charge in [0.05, 0.1) is 18.8 Å². The van der Waals surface area contributed by atoms with Crippen LogP contribution in [0.25, 0.3) is 0 Å². The van der Waals surface area contributed by atoms with E-state index in [1.165, 1.54) is 6.07 Å². The Bertz CT molecular complexity index is 416. The lowest BCUT2D eigenvalue weighted by molar-refractivity contribution is -0.0385. The molecule has 0 saturated carbocycles. The summed E-state index contributed by atoms with van der Waals surface area (Å²) >= 11 is 5.77. The summed E-state index contributed by atoms with van der Waals surface area (Å²) in [4.78, 5) is 2.19. The van der Waals surface area contributed by atoms with Crippen LogP contribution in [0, 0.1) is 5.82 Å². The fourth-order valence-corrected chi connectivity index (χ4v) is 2.47. The number of nitrogens with one attached hydrogen (secondary N) is 1. The van der Waals surface area contributed by atoms with Crippen molar-refractivity contribution in [2.45, 2.75) is 12.1 Å². The second-order valence-corrected chi connectivity index (χ2v) is 5.04. The highest BCUT2D eigenvalue weighted by molar-refractivity contribution is 6.30. The molecule has 0 aromatic heterocycles. The molecule has 1 aromatic rings. The highest BCUT2D eigenvalue weighted by atomic mass is 35.5. The number of ether oxygens (including phenoxy) is 1. The van der Waals surface area contributed by atoms with Gasteiger partial charge >= 0.3 is 0 Å². The molecule has 3 nitrogen and oxygen atoms in total. The summed E-state index contributed by atoms with van der Waals surface area (Å²) in [5, 5.41) is 3.54. The van der Waals surface area contributed by atoms with E-state index in [1.807, 2.05) is 14.1 Å². The maximum absolute atomic E-state index is 13.9. The van der Waals surface area contributed by atoms with E-state index in [0.29, 0.717) is 17.2 Å². The van der Waals surface area contributed by atoms with Crippen molar-refractivity contribution < 1.29 is 9.13 Å². The minimum Gasteiger partial charge on any atom is -0.374 e. The van der Waals surface area contributed by atoms with Crippen LogP contribution in [0.4, 0.5) is 4.39 Å². The molecule has 0 bridgehead atoms. The first-order valence-electron chi connectivity index (χ1n) is 6.04. The third kappa shape index (κ3) is 3.01. The molecular formula is C13H18ClFN2O. The smallest absolute Gasteiger partial charge is 0.129 e. The lowest BCUT2D eigenvalue weighted by Crippen LogP contribution is -2.46. The number of hydrogen-bond acceptors (Lipinski definition) is 3. The van der Waals surface area contributed by atoms with Crippen molar-refractivity contribution in [3.05, 3.63) is 34.6 Å². The second-order valence-electron chi connectivity index (χ2n) is 4.60. The molecule has 1 N–H and O–H groups in total. The Morgan fingerprint density at radius 2 is 2.33 bits per heavy atom. The van der Waals surface area contributed by atoms with Crippen LogP contribution in [0.15, 0.2) is 18.2 Å². The number of hydrogen-bond donors (Lipinski definition) is 1. The molecule has 0 amide bonds. The summed E-state index contributed by atoms with van der Waals surface area (Å²) in [6, 6.07) is 4.60. The molecule has 0 radical (unpaired) electrons. The molecule has 1 aliphatic rings. The number of rotatable bonds is 3. The summed E-state index contributed by atoms with van der Waals surface area (Å²) in [6.45, 7) is 2.37. The van der Waals surface area contributed by atoms with Gasteiger partial charge in [0, 0.05) is 23.7 Å². The van der Waals surface area contributed by atoms with Crippen molar-refractivity contribution in [1.29, 1.82) is 0 Å². The van der Waals surface area contributed by atoms with E-state index in [4.69, 9.17) is 16.3 Å². The van der Waals surface area contributed by atoms with E-state index in [-0.39, 0.29) is 18.0 Å². The van der Waals surface area contributed by atoms with Crippen molar-refractivity contribution in [1.82, 2.24) is 10.2 Å². The number of nitrogens with zero attached hydrogens (tertiary/aromatic N) is 1. The SMILES string of the molecule is CNC(c1ccc(Cl)cc1F)C1CN(C)CCO1. The van der Waals surface area contributed by atoms with E-state index in [1.54, 1.807) is 12.1 Å². The highest BCUT2D eigenvalue weighted by Crippen LogP contribution is 2.26. The largest absolute Gasteiger partial charge is 0.374 e. The monoisotopic (exact) mass is 272 g/mol. The highest BCUT2D eigenvalue weighted by Gasteiger charge is 2.28. The van der Waals surface area contributed by atoms with Gasteiger partial charge in [-0.25, -0.2) is 4.39 Å². The Morgan fingerprint density at radius 1 is 1.56 bits per heavy atom. The summed E-state index contributed by atoms with van der Waals surface area (Å²) in [7, 11) is 3.86. The molecule has 2 unspecified atom stereocenters. The normalized spacial score (nSPS) is 23.0. The molecule has 18 heavy (non-hydrogen) atoms. The average Bonchev–Trinajstić information content (AvgIpc) is 2.33. The van der Waals surface area contributed by atoms with Gasteiger partial charge < -0.3 is 15.0 Å². The Labute approximate surface area is 112 Å². The lowest BCUT2D eigenvalue weighted by atomic mass is 9.99.